The highest BCUT2D eigenvalue weighted by Gasteiger charge is 2.03. The minimum absolute atomic E-state index is 0.270. The fourth-order valence-corrected chi connectivity index (χ4v) is 2.19. The van der Waals surface area contributed by atoms with Crippen LogP contribution < -0.4 is 5.73 Å². The van der Waals surface area contributed by atoms with E-state index >= 15 is 0 Å². The van der Waals surface area contributed by atoms with Crippen LogP contribution in [0.4, 0.5) is 0 Å². The molecule has 1 nitrogen and oxygen atoms in total. The van der Waals surface area contributed by atoms with Gasteiger partial charge in [0.05, 0.1) is 0 Å². The summed E-state index contributed by atoms with van der Waals surface area (Å²) in [7, 11) is 0. The lowest BCUT2D eigenvalue weighted by atomic mass is 9.97. The van der Waals surface area contributed by atoms with E-state index in [4.69, 9.17) is 5.73 Å². The van der Waals surface area contributed by atoms with Gasteiger partial charge in [0.1, 0.15) is 0 Å². The van der Waals surface area contributed by atoms with Crippen LogP contribution in [0, 0.1) is 6.92 Å². The first-order valence-corrected chi connectivity index (χ1v) is 6.57. The fraction of sp³-hybridized carbons (Fsp3) is 0.294. The summed E-state index contributed by atoms with van der Waals surface area (Å²) in [6, 6.07) is 17.6. The van der Waals surface area contributed by atoms with Gasteiger partial charge in [-0.3, -0.25) is 0 Å². The molecule has 0 aliphatic carbocycles. The Morgan fingerprint density at radius 1 is 1.06 bits per heavy atom. The van der Waals surface area contributed by atoms with E-state index in [-0.39, 0.29) is 6.04 Å². The van der Waals surface area contributed by atoms with Gasteiger partial charge in [0.25, 0.3) is 0 Å². The maximum atomic E-state index is 5.81. The van der Waals surface area contributed by atoms with Crippen molar-refractivity contribution in [1.29, 1.82) is 0 Å². The zero-order chi connectivity index (χ0) is 13.0. The van der Waals surface area contributed by atoms with E-state index in [0.717, 1.165) is 12.8 Å². The highest BCUT2D eigenvalue weighted by atomic mass is 14.6. The topological polar surface area (TPSA) is 26.0 Å². The average Bonchev–Trinajstić information content (AvgIpc) is 2.37. The smallest absolute Gasteiger partial charge is 0.00136 e. The molecule has 94 valence electrons. The van der Waals surface area contributed by atoms with Crippen LogP contribution in [0.5, 0.6) is 0 Å². The first kappa shape index (κ1) is 12.8. The average molecular weight is 239 g/mol. The number of rotatable bonds is 4. The van der Waals surface area contributed by atoms with E-state index in [1.165, 1.54) is 22.3 Å². The Balaban J connectivity index is 2.25. The van der Waals surface area contributed by atoms with Gasteiger partial charge in [-0.15, -0.1) is 0 Å². The number of hydrogen-bond donors (Lipinski definition) is 1. The molecule has 0 saturated heterocycles. The van der Waals surface area contributed by atoms with Gasteiger partial charge in [0.15, 0.2) is 0 Å². The van der Waals surface area contributed by atoms with Gasteiger partial charge in [-0.25, -0.2) is 0 Å². The van der Waals surface area contributed by atoms with E-state index in [9.17, 15) is 0 Å². The fourth-order valence-electron chi connectivity index (χ4n) is 2.19. The summed E-state index contributed by atoms with van der Waals surface area (Å²) in [5.74, 6) is 0. The van der Waals surface area contributed by atoms with Gasteiger partial charge >= 0.3 is 0 Å². The number of nitrogens with two attached hydrogens (primary N) is 1. The van der Waals surface area contributed by atoms with Gasteiger partial charge in [-0.2, -0.15) is 0 Å². The van der Waals surface area contributed by atoms with Gasteiger partial charge in [-0.1, -0.05) is 48.5 Å². The summed E-state index contributed by atoms with van der Waals surface area (Å²) < 4.78 is 0. The Kier molecular flexibility index (Phi) is 4.16. The lowest BCUT2D eigenvalue weighted by Gasteiger charge is -2.09. The third kappa shape index (κ3) is 3.21. The normalized spacial score (nSPS) is 12.4. The summed E-state index contributed by atoms with van der Waals surface area (Å²) in [4.78, 5) is 0. The Bertz CT molecular complexity index is 515. The maximum Gasteiger partial charge on any atom is 0.00136 e. The molecular formula is C17H21N. The number of aryl methyl sites for hydroxylation is 2. The molecule has 0 amide bonds. The Morgan fingerprint density at radius 2 is 1.83 bits per heavy atom. The van der Waals surface area contributed by atoms with Gasteiger partial charge < -0.3 is 5.73 Å². The third-order valence-electron chi connectivity index (χ3n) is 3.27. The molecule has 1 unspecified atom stereocenters. The van der Waals surface area contributed by atoms with Crippen LogP contribution in [0.3, 0.4) is 0 Å². The van der Waals surface area contributed by atoms with Crippen LogP contribution in [-0.2, 0) is 6.42 Å². The van der Waals surface area contributed by atoms with Crippen molar-refractivity contribution in [2.24, 2.45) is 5.73 Å². The van der Waals surface area contributed by atoms with Crippen molar-refractivity contribution >= 4 is 0 Å². The summed E-state index contributed by atoms with van der Waals surface area (Å²) in [6.45, 7) is 4.22. The molecule has 1 heteroatoms. The zero-order valence-electron chi connectivity index (χ0n) is 11.2. The molecule has 2 N–H and O–H groups in total. The summed E-state index contributed by atoms with van der Waals surface area (Å²) in [5.41, 5.74) is 11.1. The molecule has 0 spiro atoms. The molecule has 2 aromatic rings. The second kappa shape index (κ2) is 5.83. The van der Waals surface area contributed by atoms with Crippen molar-refractivity contribution in [2.75, 3.05) is 0 Å². The molecule has 2 aromatic carbocycles. The van der Waals surface area contributed by atoms with Crippen LogP contribution in [0.1, 0.15) is 24.5 Å². The lowest BCUT2D eigenvalue weighted by molar-refractivity contribution is 0.666. The molecule has 0 aromatic heterocycles. The standard InChI is InChI=1S/C17H21N/c1-13-6-3-4-9-17(13)16-8-5-7-15(12-16)11-10-14(2)18/h3-9,12,14H,10-11,18H2,1-2H3. The lowest BCUT2D eigenvalue weighted by Crippen LogP contribution is -2.15. The molecule has 1 atom stereocenters. The van der Waals surface area contributed by atoms with Crippen molar-refractivity contribution in [2.45, 2.75) is 32.7 Å². The maximum absolute atomic E-state index is 5.81. The highest BCUT2D eigenvalue weighted by Crippen LogP contribution is 2.24. The quantitative estimate of drug-likeness (QED) is 0.859. The molecular weight excluding hydrogens is 218 g/mol. The first-order valence-electron chi connectivity index (χ1n) is 6.57. The van der Waals surface area contributed by atoms with Crippen LogP contribution in [0.15, 0.2) is 48.5 Å². The highest BCUT2D eigenvalue weighted by molar-refractivity contribution is 5.67. The number of benzene rings is 2. The molecule has 0 heterocycles. The van der Waals surface area contributed by atoms with E-state index < -0.39 is 0 Å². The second-order valence-electron chi connectivity index (χ2n) is 5.03. The van der Waals surface area contributed by atoms with Crippen LogP contribution in [0.25, 0.3) is 11.1 Å². The van der Waals surface area contributed by atoms with E-state index in [0.29, 0.717) is 0 Å². The van der Waals surface area contributed by atoms with Crippen molar-refractivity contribution in [3.8, 4) is 11.1 Å². The van der Waals surface area contributed by atoms with Gasteiger partial charge in [0.2, 0.25) is 0 Å². The summed E-state index contributed by atoms with van der Waals surface area (Å²) in [6.07, 6.45) is 2.09. The molecule has 0 aliphatic heterocycles. The van der Waals surface area contributed by atoms with Crippen molar-refractivity contribution in [3.63, 3.8) is 0 Å². The SMILES string of the molecule is Cc1ccccc1-c1cccc(CCC(C)N)c1. The van der Waals surface area contributed by atoms with Crippen molar-refractivity contribution in [1.82, 2.24) is 0 Å². The Hall–Kier alpha value is -1.60. The summed E-state index contributed by atoms with van der Waals surface area (Å²) >= 11 is 0. The minimum Gasteiger partial charge on any atom is -0.328 e. The molecule has 0 fully saturated rings. The molecule has 0 saturated carbocycles. The molecule has 2 rings (SSSR count). The number of hydrogen-bond acceptors (Lipinski definition) is 1. The third-order valence-corrected chi connectivity index (χ3v) is 3.27. The second-order valence-corrected chi connectivity index (χ2v) is 5.03. The van der Waals surface area contributed by atoms with E-state index in [2.05, 4.69) is 62.4 Å². The van der Waals surface area contributed by atoms with Gasteiger partial charge in [-0.05, 0) is 48.9 Å². The predicted octanol–water partition coefficient (Wildman–Crippen LogP) is 3.94. The van der Waals surface area contributed by atoms with Crippen LogP contribution >= 0.6 is 0 Å². The first-order chi connectivity index (χ1) is 8.66. The van der Waals surface area contributed by atoms with Crippen LogP contribution in [0.2, 0.25) is 0 Å². The molecule has 18 heavy (non-hydrogen) atoms. The van der Waals surface area contributed by atoms with Crippen molar-refractivity contribution < 1.29 is 0 Å². The molecule has 0 bridgehead atoms. The minimum atomic E-state index is 0.270. The summed E-state index contributed by atoms with van der Waals surface area (Å²) in [5, 5.41) is 0. The monoisotopic (exact) mass is 239 g/mol. The Morgan fingerprint density at radius 3 is 2.56 bits per heavy atom. The van der Waals surface area contributed by atoms with E-state index in [1.54, 1.807) is 0 Å². The molecule has 0 aliphatic rings. The zero-order valence-corrected chi connectivity index (χ0v) is 11.2. The molecule has 0 radical (unpaired) electrons. The van der Waals surface area contributed by atoms with Crippen LogP contribution in [-0.4, -0.2) is 6.04 Å². The largest absolute Gasteiger partial charge is 0.328 e. The Labute approximate surface area is 110 Å². The van der Waals surface area contributed by atoms with Crippen molar-refractivity contribution in [3.05, 3.63) is 59.7 Å². The van der Waals surface area contributed by atoms with Gasteiger partial charge in [0, 0.05) is 6.04 Å². The predicted molar refractivity (Wildman–Crippen MR) is 78.6 cm³/mol. The van der Waals surface area contributed by atoms with E-state index in [1.807, 2.05) is 0 Å².